The summed E-state index contributed by atoms with van der Waals surface area (Å²) in [5.74, 6) is 0.331. The van der Waals surface area contributed by atoms with Gasteiger partial charge in [0, 0.05) is 5.56 Å². The van der Waals surface area contributed by atoms with Crippen LogP contribution in [-0.2, 0) is 16.5 Å². The van der Waals surface area contributed by atoms with Crippen LogP contribution in [0.4, 0.5) is 0 Å². The molecule has 112 valence electrons. The van der Waals surface area contributed by atoms with Crippen LogP contribution >= 0.6 is 0 Å². The highest BCUT2D eigenvalue weighted by molar-refractivity contribution is 7.86. The second kappa shape index (κ2) is 5.79. The van der Waals surface area contributed by atoms with Crippen LogP contribution < -0.4 is 4.74 Å². The third-order valence-electron chi connectivity index (χ3n) is 3.23. The summed E-state index contributed by atoms with van der Waals surface area (Å²) in [5, 5.41) is 0. The molecule has 1 heterocycles. The molecule has 7 heteroatoms. The fraction of sp³-hybridized carbons (Fsp3) is 0.286. The minimum Gasteiger partial charge on any atom is -0.480 e. The lowest BCUT2D eigenvalue weighted by atomic mass is 9.97. The van der Waals surface area contributed by atoms with E-state index in [1.54, 1.807) is 6.07 Å². The van der Waals surface area contributed by atoms with E-state index in [2.05, 4.69) is 9.97 Å². The Morgan fingerprint density at radius 3 is 2.43 bits per heavy atom. The maximum atomic E-state index is 11.6. The molecule has 0 saturated carbocycles. The molecule has 0 radical (unpaired) electrons. The van der Waals surface area contributed by atoms with Crippen LogP contribution in [0.5, 0.6) is 5.88 Å². The van der Waals surface area contributed by atoms with Gasteiger partial charge in [0.15, 0.2) is 0 Å². The van der Waals surface area contributed by atoms with Gasteiger partial charge in [0.2, 0.25) is 5.88 Å². The predicted octanol–water partition coefficient (Wildman–Crippen LogP) is 2.27. The smallest absolute Gasteiger partial charge is 0.295 e. The highest BCUT2D eigenvalue weighted by atomic mass is 32.2. The Morgan fingerprint density at radius 1 is 1.24 bits per heavy atom. The molecule has 0 spiro atoms. The predicted molar refractivity (Wildman–Crippen MR) is 77.9 cm³/mol. The van der Waals surface area contributed by atoms with Crippen molar-refractivity contribution < 1.29 is 17.7 Å². The molecule has 1 N–H and O–H groups in total. The maximum absolute atomic E-state index is 11.6. The lowest BCUT2D eigenvalue weighted by molar-refractivity contribution is 0.396. The molecule has 2 rings (SSSR count). The molecular weight excluding hydrogens is 292 g/mol. The summed E-state index contributed by atoms with van der Waals surface area (Å²) in [4.78, 5) is 8.06. The molecule has 0 unspecified atom stereocenters. The average Bonchev–Trinajstić information content (AvgIpc) is 2.45. The van der Waals surface area contributed by atoms with Gasteiger partial charge in [0.1, 0.15) is 4.90 Å². The van der Waals surface area contributed by atoms with Crippen LogP contribution in [0.25, 0.3) is 11.3 Å². The van der Waals surface area contributed by atoms with Crippen molar-refractivity contribution in [1.82, 2.24) is 9.97 Å². The largest absolute Gasteiger partial charge is 0.480 e. The maximum Gasteiger partial charge on any atom is 0.295 e. The first-order chi connectivity index (χ1) is 9.88. The zero-order chi connectivity index (χ0) is 15.6. The van der Waals surface area contributed by atoms with Crippen LogP contribution in [0.3, 0.4) is 0 Å². The van der Waals surface area contributed by atoms with Gasteiger partial charge in [-0.2, -0.15) is 8.42 Å². The molecule has 2 aromatic rings. The van der Waals surface area contributed by atoms with E-state index in [9.17, 15) is 13.0 Å². The van der Waals surface area contributed by atoms with Gasteiger partial charge in [0.25, 0.3) is 10.1 Å². The Bertz CT molecular complexity index is 755. The number of ether oxygens (including phenoxy) is 1. The standard InChI is InChI=1S/C14H16N2O4S/c1-4-10-9(2)5-6-12(21(17,18)19)14(10)11-7-16-13(20-3)8-15-11/h5-8H,4H2,1-3H3,(H,17,18,19). The second-order valence-corrected chi connectivity index (χ2v) is 5.90. The molecule has 21 heavy (non-hydrogen) atoms. The summed E-state index contributed by atoms with van der Waals surface area (Å²) in [7, 11) is -2.88. The third-order valence-corrected chi connectivity index (χ3v) is 4.13. The lowest BCUT2D eigenvalue weighted by Gasteiger charge is -2.14. The summed E-state index contributed by atoms with van der Waals surface area (Å²) in [6, 6.07) is 3.05. The summed E-state index contributed by atoms with van der Waals surface area (Å²) in [6.07, 6.45) is 3.45. The quantitative estimate of drug-likeness (QED) is 0.871. The summed E-state index contributed by atoms with van der Waals surface area (Å²) >= 11 is 0. The first-order valence-electron chi connectivity index (χ1n) is 6.34. The van der Waals surface area contributed by atoms with Crippen molar-refractivity contribution in [2.75, 3.05) is 7.11 Å². The van der Waals surface area contributed by atoms with Gasteiger partial charge >= 0.3 is 0 Å². The van der Waals surface area contributed by atoms with Crippen LogP contribution in [0.2, 0.25) is 0 Å². The van der Waals surface area contributed by atoms with E-state index in [0.717, 1.165) is 11.1 Å². The molecular formula is C14H16N2O4S. The number of aryl methyl sites for hydroxylation is 1. The molecule has 0 bridgehead atoms. The topological polar surface area (TPSA) is 89.4 Å². The number of hydrogen-bond donors (Lipinski definition) is 1. The minimum atomic E-state index is -4.35. The van der Waals surface area contributed by atoms with E-state index in [1.165, 1.54) is 25.6 Å². The number of nitrogens with zero attached hydrogens (tertiary/aromatic N) is 2. The van der Waals surface area contributed by atoms with Crippen molar-refractivity contribution in [3.8, 4) is 17.1 Å². The van der Waals surface area contributed by atoms with Gasteiger partial charge in [-0.15, -0.1) is 0 Å². The zero-order valence-electron chi connectivity index (χ0n) is 12.0. The van der Waals surface area contributed by atoms with Gasteiger partial charge in [-0.3, -0.25) is 4.55 Å². The zero-order valence-corrected chi connectivity index (χ0v) is 12.8. The molecule has 0 aliphatic heterocycles. The van der Waals surface area contributed by atoms with Crippen LogP contribution in [0, 0.1) is 6.92 Å². The third kappa shape index (κ3) is 3.03. The number of benzene rings is 1. The number of hydrogen-bond acceptors (Lipinski definition) is 5. The van der Waals surface area contributed by atoms with Crippen LogP contribution in [0.15, 0.2) is 29.4 Å². The Balaban J connectivity index is 2.77. The van der Waals surface area contributed by atoms with E-state index >= 15 is 0 Å². The summed E-state index contributed by atoms with van der Waals surface area (Å²) < 4.78 is 37.6. The number of methoxy groups -OCH3 is 1. The van der Waals surface area contributed by atoms with E-state index in [4.69, 9.17) is 4.74 Å². The first kappa shape index (κ1) is 15.4. The minimum absolute atomic E-state index is 0.163. The van der Waals surface area contributed by atoms with Crippen molar-refractivity contribution in [2.45, 2.75) is 25.2 Å². The molecule has 1 aromatic carbocycles. The van der Waals surface area contributed by atoms with E-state index < -0.39 is 10.1 Å². The van der Waals surface area contributed by atoms with Gasteiger partial charge in [-0.05, 0) is 30.5 Å². The highest BCUT2D eigenvalue weighted by Crippen LogP contribution is 2.32. The van der Waals surface area contributed by atoms with E-state index in [0.29, 0.717) is 23.6 Å². The molecule has 0 fully saturated rings. The Hall–Kier alpha value is -1.99. The van der Waals surface area contributed by atoms with Gasteiger partial charge in [-0.25, -0.2) is 9.97 Å². The summed E-state index contributed by atoms with van der Waals surface area (Å²) in [6.45, 7) is 3.80. The first-order valence-corrected chi connectivity index (χ1v) is 7.78. The van der Waals surface area contributed by atoms with E-state index in [1.807, 2.05) is 13.8 Å². The molecule has 0 amide bonds. The molecule has 6 nitrogen and oxygen atoms in total. The monoisotopic (exact) mass is 308 g/mol. The molecule has 1 aromatic heterocycles. The highest BCUT2D eigenvalue weighted by Gasteiger charge is 2.21. The van der Waals surface area contributed by atoms with Crippen molar-refractivity contribution in [2.24, 2.45) is 0 Å². The Labute approximate surface area is 123 Å². The van der Waals surface area contributed by atoms with Crippen molar-refractivity contribution in [1.29, 1.82) is 0 Å². The second-order valence-electron chi connectivity index (χ2n) is 4.51. The van der Waals surface area contributed by atoms with Crippen molar-refractivity contribution in [3.63, 3.8) is 0 Å². The fourth-order valence-corrected chi connectivity index (χ4v) is 2.96. The molecule has 0 aliphatic rings. The molecule has 0 aliphatic carbocycles. The van der Waals surface area contributed by atoms with E-state index in [-0.39, 0.29) is 4.90 Å². The normalized spacial score (nSPS) is 11.4. The number of rotatable bonds is 4. The summed E-state index contributed by atoms with van der Waals surface area (Å²) in [5.41, 5.74) is 2.50. The Morgan fingerprint density at radius 2 is 1.95 bits per heavy atom. The molecule has 0 atom stereocenters. The fourth-order valence-electron chi connectivity index (χ4n) is 2.23. The van der Waals surface area contributed by atoms with Crippen molar-refractivity contribution >= 4 is 10.1 Å². The molecule has 0 saturated heterocycles. The SMILES string of the molecule is CCc1c(C)ccc(S(=O)(=O)O)c1-c1cnc(OC)cn1. The average molecular weight is 308 g/mol. The van der Waals surface area contributed by atoms with Gasteiger partial charge in [0.05, 0.1) is 25.2 Å². The Kier molecular flexibility index (Phi) is 4.24. The number of aromatic nitrogens is 2. The van der Waals surface area contributed by atoms with Gasteiger partial charge in [-0.1, -0.05) is 13.0 Å². The van der Waals surface area contributed by atoms with Crippen LogP contribution in [-0.4, -0.2) is 30.0 Å². The lowest BCUT2D eigenvalue weighted by Crippen LogP contribution is -2.06. The van der Waals surface area contributed by atoms with Crippen LogP contribution in [0.1, 0.15) is 18.1 Å². The van der Waals surface area contributed by atoms with Crippen molar-refractivity contribution in [3.05, 3.63) is 35.7 Å². The van der Waals surface area contributed by atoms with Gasteiger partial charge < -0.3 is 4.74 Å².